The Morgan fingerprint density at radius 3 is 2.60 bits per heavy atom. The van der Waals surface area contributed by atoms with Gasteiger partial charge in [0, 0.05) is 5.56 Å². The molecule has 80 valence electrons. The number of benzene rings is 1. The molecule has 0 aliphatic carbocycles. The molecule has 1 aromatic rings. The molecule has 0 aromatic heterocycles. The molecular formula is C10H8F3NO. The molecule has 1 aromatic carbocycles. The molecule has 0 aliphatic heterocycles. The van der Waals surface area contributed by atoms with Gasteiger partial charge in [0.1, 0.15) is 5.75 Å². The zero-order valence-corrected chi connectivity index (χ0v) is 7.93. The smallest absolute Gasteiger partial charge is 0.405 e. The van der Waals surface area contributed by atoms with Gasteiger partial charge in [-0.1, -0.05) is 17.7 Å². The molecular weight excluding hydrogens is 207 g/mol. The summed E-state index contributed by atoms with van der Waals surface area (Å²) in [6.07, 6.45) is -4.83. The van der Waals surface area contributed by atoms with Gasteiger partial charge in [-0.2, -0.15) is 5.26 Å². The van der Waals surface area contributed by atoms with Crippen LogP contribution >= 0.6 is 0 Å². The number of halogens is 3. The van der Waals surface area contributed by atoms with Gasteiger partial charge >= 0.3 is 6.36 Å². The summed E-state index contributed by atoms with van der Waals surface area (Å²) in [6, 6.07) is 6.01. The Labute approximate surface area is 84.9 Å². The molecule has 5 heteroatoms. The molecule has 0 saturated carbocycles. The summed E-state index contributed by atoms with van der Waals surface area (Å²) in [6.45, 7) is 1.73. The predicted octanol–water partition coefficient (Wildman–Crippen LogP) is 2.96. The van der Waals surface area contributed by atoms with Gasteiger partial charge in [0.15, 0.2) is 0 Å². The second kappa shape index (κ2) is 4.22. The summed E-state index contributed by atoms with van der Waals surface area (Å²) in [4.78, 5) is 0. The third kappa shape index (κ3) is 3.50. The number of nitriles is 1. The van der Waals surface area contributed by atoms with E-state index in [-0.39, 0.29) is 17.7 Å². The third-order valence-electron chi connectivity index (χ3n) is 1.71. The van der Waals surface area contributed by atoms with Gasteiger partial charge in [0.05, 0.1) is 12.5 Å². The van der Waals surface area contributed by atoms with Crippen molar-refractivity contribution in [1.82, 2.24) is 0 Å². The molecule has 0 fully saturated rings. The lowest BCUT2D eigenvalue weighted by Gasteiger charge is -2.12. The molecule has 0 atom stereocenters. The summed E-state index contributed by atoms with van der Waals surface area (Å²) in [5.41, 5.74) is 1.03. The van der Waals surface area contributed by atoms with Crippen LogP contribution in [0.5, 0.6) is 5.75 Å². The number of hydrogen-bond acceptors (Lipinski definition) is 2. The topological polar surface area (TPSA) is 33.0 Å². The van der Waals surface area contributed by atoms with E-state index in [1.807, 2.05) is 0 Å². The molecule has 2 nitrogen and oxygen atoms in total. The minimum absolute atomic E-state index is 0.104. The van der Waals surface area contributed by atoms with Gasteiger partial charge in [0.2, 0.25) is 0 Å². The highest BCUT2D eigenvalue weighted by Gasteiger charge is 2.31. The first-order valence-corrected chi connectivity index (χ1v) is 4.14. The SMILES string of the molecule is Cc1ccc(OC(F)(F)F)c(CC#N)c1. The van der Waals surface area contributed by atoms with Crippen molar-refractivity contribution in [2.45, 2.75) is 19.7 Å². The van der Waals surface area contributed by atoms with Gasteiger partial charge in [-0.3, -0.25) is 0 Å². The van der Waals surface area contributed by atoms with Crippen LogP contribution in [0.2, 0.25) is 0 Å². The maximum Gasteiger partial charge on any atom is 0.573 e. The summed E-state index contributed by atoms with van der Waals surface area (Å²) >= 11 is 0. The predicted molar refractivity (Wildman–Crippen MR) is 47.2 cm³/mol. The molecule has 0 heterocycles. The minimum atomic E-state index is -4.72. The van der Waals surface area contributed by atoms with E-state index in [1.54, 1.807) is 13.0 Å². The second-order valence-electron chi connectivity index (χ2n) is 2.99. The van der Waals surface area contributed by atoms with Crippen LogP contribution < -0.4 is 4.74 Å². The van der Waals surface area contributed by atoms with E-state index in [0.29, 0.717) is 0 Å². The van der Waals surface area contributed by atoms with E-state index < -0.39 is 6.36 Å². The van der Waals surface area contributed by atoms with Gasteiger partial charge in [-0.05, 0) is 13.0 Å². The van der Waals surface area contributed by atoms with Gasteiger partial charge in [-0.15, -0.1) is 13.2 Å². The van der Waals surface area contributed by atoms with E-state index in [2.05, 4.69) is 4.74 Å². The molecule has 15 heavy (non-hydrogen) atoms. The maximum atomic E-state index is 12.0. The van der Waals surface area contributed by atoms with E-state index in [4.69, 9.17) is 5.26 Å². The largest absolute Gasteiger partial charge is 0.573 e. The Kier molecular flexibility index (Phi) is 3.20. The summed E-state index contributed by atoms with van der Waals surface area (Å²) in [5.74, 6) is -0.311. The summed E-state index contributed by atoms with van der Waals surface area (Å²) in [7, 11) is 0. The fourth-order valence-electron chi connectivity index (χ4n) is 1.16. The monoisotopic (exact) mass is 215 g/mol. The van der Waals surface area contributed by atoms with Crippen LogP contribution in [0.15, 0.2) is 18.2 Å². The molecule has 0 unspecified atom stereocenters. The highest BCUT2D eigenvalue weighted by atomic mass is 19.4. The summed E-state index contributed by atoms with van der Waals surface area (Å²) in [5, 5.41) is 8.45. The van der Waals surface area contributed by atoms with Crippen molar-refractivity contribution >= 4 is 0 Å². The third-order valence-corrected chi connectivity index (χ3v) is 1.71. The Balaban J connectivity index is 3.02. The van der Waals surface area contributed by atoms with Crippen molar-refractivity contribution in [2.75, 3.05) is 0 Å². The molecule has 0 N–H and O–H groups in total. The highest BCUT2D eigenvalue weighted by Crippen LogP contribution is 2.27. The van der Waals surface area contributed by atoms with Gasteiger partial charge in [-0.25, -0.2) is 0 Å². The molecule has 1 rings (SSSR count). The number of aryl methyl sites for hydroxylation is 1. The first-order valence-electron chi connectivity index (χ1n) is 4.14. The number of nitrogens with zero attached hydrogens (tertiary/aromatic N) is 1. The Hall–Kier alpha value is -1.70. The van der Waals surface area contributed by atoms with Crippen molar-refractivity contribution < 1.29 is 17.9 Å². The van der Waals surface area contributed by atoms with Crippen molar-refractivity contribution in [3.63, 3.8) is 0 Å². The zero-order valence-electron chi connectivity index (χ0n) is 7.93. The maximum absolute atomic E-state index is 12.0. The van der Waals surface area contributed by atoms with Crippen LogP contribution in [-0.2, 0) is 6.42 Å². The molecule has 0 saturated heterocycles. The van der Waals surface area contributed by atoms with Crippen LogP contribution in [0.4, 0.5) is 13.2 Å². The Bertz CT molecular complexity index is 393. The first-order chi connectivity index (χ1) is 6.92. The van der Waals surface area contributed by atoms with Crippen molar-refractivity contribution in [3.05, 3.63) is 29.3 Å². The van der Waals surface area contributed by atoms with Crippen LogP contribution in [-0.4, -0.2) is 6.36 Å². The number of rotatable bonds is 2. The van der Waals surface area contributed by atoms with Crippen LogP contribution in [0.25, 0.3) is 0 Å². The molecule has 0 spiro atoms. The van der Waals surface area contributed by atoms with Crippen LogP contribution in [0.3, 0.4) is 0 Å². The fourth-order valence-corrected chi connectivity index (χ4v) is 1.16. The molecule has 0 bridgehead atoms. The molecule has 0 amide bonds. The fraction of sp³-hybridized carbons (Fsp3) is 0.300. The van der Waals surface area contributed by atoms with Crippen molar-refractivity contribution in [1.29, 1.82) is 5.26 Å². The van der Waals surface area contributed by atoms with Gasteiger partial charge < -0.3 is 4.74 Å². The second-order valence-corrected chi connectivity index (χ2v) is 2.99. The van der Waals surface area contributed by atoms with E-state index in [9.17, 15) is 13.2 Å². The molecule has 0 radical (unpaired) electrons. The lowest BCUT2D eigenvalue weighted by atomic mass is 10.1. The number of ether oxygens (including phenoxy) is 1. The lowest BCUT2D eigenvalue weighted by Crippen LogP contribution is -2.18. The standard InChI is InChI=1S/C10H8F3NO/c1-7-2-3-9(15-10(11,12)13)8(6-7)4-5-14/h2-3,6H,4H2,1H3. The normalized spacial score (nSPS) is 10.9. The number of alkyl halides is 3. The Morgan fingerprint density at radius 2 is 2.07 bits per heavy atom. The van der Waals surface area contributed by atoms with Crippen LogP contribution in [0, 0.1) is 18.3 Å². The van der Waals surface area contributed by atoms with E-state index in [1.165, 1.54) is 18.2 Å². The summed E-state index contributed by atoms with van der Waals surface area (Å²) < 4.78 is 39.7. The minimum Gasteiger partial charge on any atom is -0.405 e. The number of hydrogen-bond donors (Lipinski definition) is 0. The first kappa shape index (κ1) is 11.4. The van der Waals surface area contributed by atoms with Crippen molar-refractivity contribution in [3.8, 4) is 11.8 Å². The lowest BCUT2D eigenvalue weighted by molar-refractivity contribution is -0.274. The van der Waals surface area contributed by atoms with Gasteiger partial charge in [0.25, 0.3) is 0 Å². The highest BCUT2D eigenvalue weighted by molar-refractivity contribution is 5.38. The quantitative estimate of drug-likeness (QED) is 0.759. The van der Waals surface area contributed by atoms with Crippen molar-refractivity contribution in [2.24, 2.45) is 0 Å². The average Bonchev–Trinajstić information content (AvgIpc) is 2.08. The average molecular weight is 215 g/mol. The van der Waals surface area contributed by atoms with E-state index in [0.717, 1.165) is 5.56 Å². The zero-order chi connectivity index (χ0) is 11.5. The molecule has 0 aliphatic rings. The Morgan fingerprint density at radius 1 is 1.40 bits per heavy atom. The van der Waals surface area contributed by atoms with E-state index >= 15 is 0 Å². The van der Waals surface area contributed by atoms with Crippen LogP contribution in [0.1, 0.15) is 11.1 Å².